The van der Waals surface area contributed by atoms with E-state index in [1.54, 1.807) is 0 Å². The van der Waals surface area contributed by atoms with E-state index < -0.39 is 0 Å². The third kappa shape index (κ3) is 4.36. The van der Waals surface area contributed by atoms with Crippen LogP contribution in [0.5, 0.6) is 0 Å². The van der Waals surface area contributed by atoms with Crippen molar-refractivity contribution in [2.24, 2.45) is 46.8 Å². The second-order valence-electron chi connectivity index (χ2n) is 12.8. The van der Waals surface area contributed by atoms with Crippen molar-refractivity contribution in [3.63, 3.8) is 0 Å². The van der Waals surface area contributed by atoms with Crippen molar-refractivity contribution in [3.8, 4) is 0 Å². The third-order valence-electron chi connectivity index (χ3n) is 10.9. The maximum absolute atomic E-state index is 13.2. The van der Waals surface area contributed by atoms with Crippen LogP contribution in [0.2, 0.25) is 0 Å². The highest BCUT2D eigenvalue weighted by molar-refractivity contribution is 5.91. The molecule has 4 saturated carbocycles. The van der Waals surface area contributed by atoms with Crippen molar-refractivity contribution < 1.29 is 14.3 Å². The Kier molecular flexibility index (Phi) is 6.80. The number of hydrogen-bond donors (Lipinski definition) is 0. The molecule has 0 aliphatic heterocycles. The van der Waals surface area contributed by atoms with Gasteiger partial charge in [-0.2, -0.15) is 0 Å². The molecule has 0 aromatic heterocycles. The summed E-state index contributed by atoms with van der Waals surface area (Å²) in [6, 6.07) is 0. The Balaban J connectivity index is 1.23. The molecule has 184 valence electrons. The first-order chi connectivity index (χ1) is 15.9. The third-order valence-corrected chi connectivity index (χ3v) is 10.9. The van der Waals surface area contributed by atoms with Crippen LogP contribution < -0.4 is 0 Å². The summed E-state index contributed by atoms with van der Waals surface area (Å²) in [7, 11) is 0. The molecule has 3 nitrogen and oxygen atoms in total. The van der Waals surface area contributed by atoms with Gasteiger partial charge >= 0.3 is 5.97 Å². The summed E-state index contributed by atoms with van der Waals surface area (Å²) in [6.07, 6.45) is 18.3. The Bertz CT molecular complexity index is 783. The van der Waals surface area contributed by atoms with Crippen molar-refractivity contribution >= 4 is 11.8 Å². The number of carbonyl (C=O) groups excluding carboxylic acids is 2. The van der Waals surface area contributed by atoms with E-state index >= 15 is 0 Å². The molecule has 9 atom stereocenters. The Hall–Kier alpha value is -1.12. The van der Waals surface area contributed by atoms with Crippen molar-refractivity contribution in [1.82, 2.24) is 0 Å². The largest absolute Gasteiger partial charge is 0.462 e. The van der Waals surface area contributed by atoms with Crippen LogP contribution in [0.1, 0.15) is 111 Å². The van der Waals surface area contributed by atoms with Gasteiger partial charge in [-0.1, -0.05) is 52.0 Å². The zero-order valence-corrected chi connectivity index (χ0v) is 21.3. The van der Waals surface area contributed by atoms with E-state index in [2.05, 4.69) is 20.8 Å². The van der Waals surface area contributed by atoms with Crippen LogP contribution in [-0.2, 0) is 14.3 Å². The number of ether oxygens (including phenoxy) is 1. The molecule has 33 heavy (non-hydrogen) atoms. The summed E-state index contributed by atoms with van der Waals surface area (Å²) in [6.45, 7) is 7.14. The number of allylic oxidation sites excluding steroid dienone is 1. The highest BCUT2D eigenvalue weighted by Gasteiger charge is 2.59. The average molecular weight is 455 g/mol. The molecule has 0 N–H and O–H groups in total. The maximum atomic E-state index is 13.2. The summed E-state index contributed by atoms with van der Waals surface area (Å²) >= 11 is 0. The van der Waals surface area contributed by atoms with E-state index in [0.29, 0.717) is 23.5 Å². The van der Waals surface area contributed by atoms with Gasteiger partial charge in [0.1, 0.15) is 6.10 Å². The van der Waals surface area contributed by atoms with Gasteiger partial charge in [-0.15, -0.1) is 0 Å². The van der Waals surface area contributed by atoms with Crippen LogP contribution in [0.3, 0.4) is 0 Å². The van der Waals surface area contributed by atoms with E-state index in [-0.39, 0.29) is 23.4 Å². The van der Waals surface area contributed by atoms with E-state index in [1.165, 1.54) is 56.9 Å². The molecule has 0 spiro atoms. The van der Waals surface area contributed by atoms with Gasteiger partial charge in [0.25, 0.3) is 0 Å². The standard InChI is InChI=1S/C30H46O3/c1-4-5-6-7-20-8-9-21(17-20)29(32)33-27-13-12-26-28-19(2)16-22-18-23(31)10-11-24(22)25(28)14-15-30(26,27)3/h18-21,24-28H,4-17H2,1-3H3/t19-,20?,21?,24+,25-,26+,27+,28-,30+/m1/s1. The monoisotopic (exact) mass is 454 g/mol. The number of esters is 1. The SMILES string of the molecule is CCCCCC1CCC(C(=O)O[C@H]2CC[C@H]3[C@H]4[C@H](CC[C@]23C)[C@H]2CCC(=O)C=C2C[C@H]4C)C1. The van der Waals surface area contributed by atoms with Crippen LogP contribution >= 0.6 is 0 Å². The summed E-state index contributed by atoms with van der Waals surface area (Å²) in [5.74, 6) is 4.78. The zero-order valence-electron chi connectivity index (χ0n) is 21.3. The normalized spacial score (nSPS) is 44.6. The molecular formula is C30H46O3. The van der Waals surface area contributed by atoms with Gasteiger partial charge in [-0.25, -0.2) is 0 Å². The van der Waals surface area contributed by atoms with E-state index in [9.17, 15) is 9.59 Å². The Morgan fingerprint density at radius 2 is 1.97 bits per heavy atom. The molecule has 0 heterocycles. The van der Waals surface area contributed by atoms with Crippen molar-refractivity contribution in [2.75, 3.05) is 0 Å². The maximum Gasteiger partial charge on any atom is 0.309 e. The van der Waals surface area contributed by atoms with Gasteiger partial charge in [-0.05, 0) is 99.4 Å². The predicted molar refractivity (Wildman–Crippen MR) is 131 cm³/mol. The summed E-state index contributed by atoms with van der Waals surface area (Å²) in [5, 5.41) is 0. The van der Waals surface area contributed by atoms with Gasteiger partial charge in [-0.3, -0.25) is 9.59 Å². The van der Waals surface area contributed by atoms with Crippen molar-refractivity contribution in [1.29, 1.82) is 0 Å². The predicted octanol–water partition coefficient (Wildman–Crippen LogP) is 7.28. The lowest BCUT2D eigenvalue weighted by Crippen LogP contribution is -2.51. The minimum Gasteiger partial charge on any atom is -0.462 e. The molecular weight excluding hydrogens is 408 g/mol. The van der Waals surface area contributed by atoms with Gasteiger partial charge in [0, 0.05) is 11.8 Å². The summed E-state index contributed by atoms with van der Waals surface area (Å²) in [5.41, 5.74) is 1.61. The highest BCUT2D eigenvalue weighted by atomic mass is 16.5. The second-order valence-corrected chi connectivity index (χ2v) is 12.8. The first-order valence-corrected chi connectivity index (χ1v) is 14.3. The number of ketones is 1. The zero-order chi connectivity index (χ0) is 23.2. The number of unbranched alkanes of at least 4 members (excludes halogenated alkanes) is 2. The smallest absolute Gasteiger partial charge is 0.309 e. The minimum atomic E-state index is 0.118. The molecule has 5 aliphatic rings. The molecule has 0 aromatic carbocycles. The fraction of sp³-hybridized carbons (Fsp3) is 0.867. The lowest BCUT2D eigenvalue weighted by Gasteiger charge is -2.55. The quantitative estimate of drug-likeness (QED) is 0.313. The molecule has 2 unspecified atom stereocenters. The Morgan fingerprint density at radius 1 is 1.12 bits per heavy atom. The number of fused-ring (bicyclic) bond motifs is 5. The summed E-state index contributed by atoms with van der Waals surface area (Å²) in [4.78, 5) is 25.2. The van der Waals surface area contributed by atoms with Gasteiger partial charge in [0.15, 0.2) is 5.78 Å². The molecule has 0 amide bonds. The topological polar surface area (TPSA) is 43.4 Å². The van der Waals surface area contributed by atoms with Crippen LogP contribution in [0.25, 0.3) is 0 Å². The molecule has 0 saturated heterocycles. The first-order valence-electron chi connectivity index (χ1n) is 14.3. The van der Waals surface area contributed by atoms with E-state index in [4.69, 9.17) is 4.74 Å². The fourth-order valence-electron chi connectivity index (χ4n) is 9.20. The molecule has 0 radical (unpaired) electrons. The van der Waals surface area contributed by atoms with E-state index in [0.717, 1.165) is 56.3 Å². The lowest BCUT2D eigenvalue weighted by atomic mass is 9.49. The number of rotatable bonds is 6. The van der Waals surface area contributed by atoms with Gasteiger partial charge in [0.05, 0.1) is 5.92 Å². The Morgan fingerprint density at radius 3 is 2.79 bits per heavy atom. The lowest BCUT2D eigenvalue weighted by molar-refractivity contribution is -0.164. The molecule has 5 aliphatic carbocycles. The van der Waals surface area contributed by atoms with Gasteiger partial charge in [0.2, 0.25) is 0 Å². The molecule has 0 aromatic rings. The van der Waals surface area contributed by atoms with Gasteiger partial charge < -0.3 is 4.74 Å². The van der Waals surface area contributed by atoms with Crippen LogP contribution in [-0.4, -0.2) is 17.9 Å². The Labute approximate surface area is 201 Å². The average Bonchev–Trinajstić information content (AvgIpc) is 3.38. The molecule has 0 bridgehead atoms. The number of carbonyl (C=O) groups is 2. The van der Waals surface area contributed by atoms with Crippen LogP contribution in [0, 0.1) is 46.8 Å². The molecule has 4 fully saturated rings. The van der Waals surface area contributed by atoms with Crippen molar-refractivity contribution in [2.45, 2.75) is 117 Å². The minimum absolute atomic E-state index is 0.118. The first kappa shape index (κ1) is 23.6. The van der Waals surface area contributed by atoms with E-state index in [1.807, 2.05) is 6.08 Å². The molecule has 3 heteroatoms. The van der Waals surface area contributed by atoms with Crippen LogP contribution in [0.15, 0.2) is 11.6 Å². The molecule has 5 rings (SSSR count). The summed E-state index contributed by atoms with van der Waals surface area (Å²) < 4.78 is 6.38. The van der Waals surface area contributed by atoms with Crippen LogP contribution in [0.4, 0.5) is 0 Å². The number of hydrogen-bond acceptors (Lipinski definition) is 3. The highest BCUT2D eigenvalue weighted by Crippen LogP contribution is 2.63. The fourth-order valence-corrected chi connectivity index (χ4v) is 9.20. The van der Waals surface area contributed by atoms with Crippen molar-refractivity contribution in [3.05, 3.63) is 11.6 Å². The second kappa shape index (κ2) is 9.50.